The van der Waals surface area contributed by atoms with Gasteiger partial charge in [-0.1, -0.05) is 24.2 Å². The van der Waals surface area contributed by atoms with Crippen LogP contribution in [-0.2, 0) is 13.0 Å². The van der Waals surface area contributed by atoms with E-state index in [9.17, 15) is 9.59 Å². The summed E-state index contributed by atoms with van der Waals surface area (Å²) in [4.78, 5) is 32.8. The van der Waals surface area contributed by atoms with Crippen LogP contribution in [0.4, 0.5) is 9.93 Å². The van der Waals surface area contributed by atoms with Gasteiger partial charge in [0.05, 0.1) is 33.6 Å². The third kappa shape index (κ3) is 4.59. The molecule has 1 aliphatic carbocycles. The number of benzene rings is 1. The monoisotopic (exact) mass is 460 g/mol. The number of fused-ring (bicyclic) bond motifs is 1. The average Bonchev–Trinajstić information content (AvgIpc) is 3.45. The van der Waals surface area contributed by atoms with Gasteiger partial charge in [0.2, 0.25) is 5.75 Å². The van der Waals surface area contributed by atoms with E-state index in [-0.39, 0.29) is 18.0 Å². The Bertz CT molecular complexity index is 977. The molecule has 2 aromatic rings. The van der Waals surface area contributed by atoms with Crippen LogP contribution in [0.3, 0.4) is 0 Å². The van der Waals surface area contributed by atoms with Gasteiger partial charge < -0.3 is 24.4 Å². The van der Waals surface area contributed by atoms with Gasteiger partial charge in [-0.15, -0.1) is 0 Å². The highest BCUT2D eigenvalue weighted by Crippen LogP contribution is 2.39. The normalized spacial score (nSPS) is 15.8. The van der Waals surface area contributed by atoms with Crippen molar-refractivity contribution < 1.29 is 23.8 Å². The molecule has 0 spiro atoms. The zero-order chi connectivity index (χ0) is 22.7. The SMILES string of the molecule is COc1cc(C(=O)N2CCc3nc(NC(=O)NC4CCCC4)sc3C2)cc(OC)c1OC. The van der Waals surface area contributed by atoms with Crippen LogP contribution in [0.25, 0.3) is 0 Å². The van der Waals surface area contributed by atoms with Gasteiger partial charge in [0.1, 0.15) is 0 Å². The predicted octanol–water partition coefficient (Wildman–Crippen LogP) is 3.43. The highest BCUT2D eigenvalue weighted by atomic mass is 32.1. The standard InChI is InChI=1S/C22H28N4O5S/c1-29-16-10-13(11-17(30-2)19(16)31-3)20(27)26-9-8-15-18(12-26)32-22(24-15)25-21(28)23-14-6-4-5-7-14/h10-11,14H,4-9,12H2,1-3H3,(H2,23,24,25,28). The number of aromatic nitrogens is 1. The molecule has 4 rings (SSSR count). The second kappa shape index (κ2) is 9.64. The molecule has 1 aromatic heterocycles. The van der Waals surface area contributed by atoms with E-state index in [4.69, 9.17) is 14.2 Å². The molecule has 10 heteroatoms. The van der Waals surface area contributed by atoms with Crippen LogP contribution >= 0.6 is 11.3 Å². The summed E-state index contributed by atoms with van der Waals surface area (Å²) in [7, 11) is 4.57. The maximum absolute atomic E-state index is 13.2. The van der Waals surface area contributed by atoms with Crippen molar-refractivity contribution in [3.8, 4) is 17.2 Å². The zero-order valence-corrected chi connectivity index (χ0v) is 19.3. The Morgan fingerprint density at radius 1 is 1.09 bits per heavy atom. The fraction of sp³-hybridized carbons (Fsp3) is 0.500. The van der Waals surface area contributed by atoms with E-state index >= 15 is 0 Å². The number of carbonyl (C=O) groups is 2. The van der Waals surface area contributed by atoms with Gasteiger partial charge in [-0.2, -0.15) is 0 Å². The number of rotatable bonds is 6. The van der Waals surface area contributed by atoms with Gasteiger partial charge >= 0.3 is 6.03 Å². The maximum Gasteiger partial charge on any atom is 0.321 e. The highest BCUT2D eigenvalue weighted by Gasteiger charge is 2.27. The maximum atomic E-state index is 13.2. The number of nitrogens with one attached hydrogen (secondary N) is 2. The van der Waals surface area contributed by atoms with E-state index in [0.717, 1.165) is 36.3 Å². The van der Waals surface area contributed by atoms with Gasteiger partial charge in [-0.3, -0.25) is 10.1 Å². The number of ether oxygens (including phenoxy) is 3. The van der Waals surface area contributed by atoms with E-state index in [1.807, 2.05) is 0 Å². The third-order valence-corrected chi connectivity index (χ3v) is 6.84. The fourth-order valence-electron chi connectivity index (χ4n) is 4.20. The summed E-state index contributed by atoms with van der Waals surface area (Å²) < 4.78 is 16.1. The molecule has 172 valence electrons. The molecule has 0 saturated heterocycles. The Labute approximate surface area is 191 Å². The van der Waals surface area contributed by atoms with Crippen LogP contribution < -0.4 is 24.8 Å². The summed E-state index contributed by atoms with van der Waals surface area (Å²) >= 11 is 1.41. The van der Waals surface area contributed by atoms with E-state index < -0.39 is 0 Å². The molecule has 0 unspecified atom stereocenters. The van der Waals surface area contributed by atoms with Crippen LogP contribution in [0, 0.1) is 0 Å². The van der Waals surface area contributed by atoms with Gasteiger partial charge in [-0.05, 0) is 25.0 Å². The van der Waals surface area contributed by atoms with Crippen LogP contribution in [-0.4, -0.2) is 55.7 Å². The Kier molecular flexibility index (Phi) is 6.69. The van der Waals surface area contributed by atoms with E-state index in [1.54, 1.807) is 17.0 Å². The van der Waals surface area contributed by atoms with E-state index in [2.05, 4.69) is 15.6 Å². The minimum Gasteiger partial charge on any atom is -0.493 e. The molecule has 1 aromatic carbocycles. The summed E-state index contributed by atoms with van der Waals surface area (Å²) in [5, 5.41) is 6.42. The lowest BCUT2D eigenvalue weighted by molar-refractivity contribution is 0.0735. The molecule has 1 fully saturated rings. The number of hydrogen-bond acceptors (Lipinski definition) is 7. The lowest BCUT2D eigenvalue weighted by Crippen LogP contribution is -2.36. The van der Waals surface area contributed by atoms with Crippen LogP contribution in [0.2, 0.25) is 0 Å². The molecule has 0 atom stereocenters. The number of nitrogens with zero attached hydrogens (tertiary/aromatic N) is 2. The molecule has 2 N–H and O–H groups in total. The molecular formula is C22H28N4O5S. The topological polar surface area (TPSA) is 102 Å². The average molecular weight is 461 g/mol. The highest BCUT2D eigenvalue weighted by molar-refractivity contribution is 7.15. The number of anilines is 1. The number of thiazole rings is 1. The van der Waals surface area contributed by atoms with E-state index in [1.165, 1.54) is 32.7 Å². The first-order valence-electron chi connectivity index (χ1n) is 10.7. The Morgan fingerprint density at radius 2 is 1.78 bits per heavy atom. The molecule has 9 nitrogen and oxygen atoms in total. The van der Waals surface area contributed by atoms with Gasteiger partial charge in [0.25, 0.3) is 5.91 Å². The quantitative estimate of drug-likeness (QED) is 0.685. The third-order valence-electron chi connectivity index (χ3n) is 5.84. The molecule has 3 amide bonds. The van der Waals surface area contributed by atoms with Crippen LogP contribution in [0.1, 0.15) is 46.6 Å². The summed E-state index contributed by atoms with van der Waals surface area (Å²) in [6, 6.07) is 3.35. The zero-order valence-electron chi connectivity index (χ0n) is 18.5. The Balaban J connectivity index is 1.45. The number of methoxy groups -OCH3 is 3. The lowest BCUT2D eigenvalue weighted by Gasteiger charge is -2.26. The summed E-state index contributed by atoms with van der Waals surface area (Å²) in [5.41, 5.74) is 1.39. The molecule has 1 saturated carbocycles. The molecular weight excluding hydrogens is 432 g/mol. The minimum absolute atomic E-state index is 0.128. The van der Waals surface area contributed by atoms with Crippen molar-refractivity contribution in [2.24, 2.45) is 0 Å². The Hall–Kier alpha value is -3.01. The molecule has 32 heavy (non-hydrogen) atoms. The molecule has 1 aliphatic heterocycles. The van der Waals surface area contributed by atoms with Crippen molar-refractivity contribution in [2.75, 3.05) is 33.2 Å². The summed E-state index contributed by atoms with van der Waals surface area (Å²) in [5.74, 6) is 1.19. The van der Waals surface area contributed by atoms with Crippen LogP contribution in [0.5, 0.6) is 17.2 Å². The van der Waals surface area contributed by atoms with Crippen molar-refractivity contribution in [3.63, 3.8) is 0 Å². The largest absolute Gasteiger partial charge is 0.493 e. The molecule has 0 bridgehead atoms. The van der Waals surface area contributed by atoms with Crippen LogP contribution in [0.15, 0.2) is 12.1 Å². The minimum atomic E-state index is -0.214. The second-order valence-corrected chi connectivity index (χ2v) is 8.94. The van der Waals surface area contributed by atoms with Crippen molar-refractivity contribution in [1.82, 2.24) is 15.2 Å². The number of carbonyl (C=O) groups excluding carboxylic acids is 2. The Morgan fingerprint density at radius 3 is 2.41 bits per heavy atom. The number of hydrogen-bond donors (Lipinski definition) is 2. The molecule has 2 heterocycles. The lowest BCUT2D eigenvalue weighted by atomic mass is 10.1. The van der Waals surface area contributed by atoms with Gasteiger partial charge in [-0.25, -0.2) is 9.78 Å². The predicted molar refractivity (Wildman–Crippen MR) is 121 cm³/mol. The fourth-order valence-corrected chi connectivity index (χ4v) is 5.22. The first kappa shape index (κ1) is 22.2. The first-order chi connectivity index (χ1) is 15.5. The van der Waals surface area contributed by atoms with Crippen molar-refractivity contribution in [2.45, 2.75) is 44.7 Å². The van der Waals surface area contributed by atoms with Gasteiger partial charge in [0.15, 0.2) is 16.6 Å². The molecule has 2 aliphatic rings. The first-order valence-corrected chi connectivity index (χ1v) is 11.5. The summed E-state index contributed by atoms with van der Waals surface area (Å²) in [6.07, 6.45) is 5.01. The molecule has 0 radical (unpaired) electrons. The second-order valence-electron chi connectivity index (χ2n) is 7.86. The van der Waals surface area contributed by atoms with Crippen molar-refractivity contribution in [1.29, 1.82) is 0 Å². The number of urea groups is 1. The van der Waals surface area contributed by atoms with E-state index in [0.29, 0.717) is 47.5 Å². The van der Waals surface area contributed by atoms with Gasteiger partial charge in [0, 0.05) is 29.4 Å². The van der Waals surface area contributed by atoms with Crippen molar-refractivity contribution >= 4 is 28.4 Å². The smallest absolute Gasteiger partial charge is 0.321 e. The summed E-state index contributed by atoms with van der Waals surface area (Å²) in [6.45, 7) is 0.981. The van der Waals surface area contributed by atoms with Crippen molar-refractivity contribution in [3.05, 3.63) is 28.3 Å². The number of amides is 3.